The summed E-state index contributed by atoms with van der Waals surface area (Å²) < 4.78 is 0. The lowest BCUT2D eigenvalue weighted by atomic mass is 10.1. The lowest BCUT2D eigenvalue weighted by molar-refractivity contribution is -0.301. The van der Waals surface area contributed by atoms with Crippen molar-refractivity contribution < 1.29 is 19.8 Å². The molecule has 1 aromatic rings. The summed E-state index contributed by atoms with van der Waals surface area (Å²) in [4.78, 5) is 21.3. The number of carboxylic acids is 2. The van der Waals surface area contributed by atoms with Crippen LogP contribution in [0.1, 0.15) is 11.1 Å². The lowest BCUT2D eigenvalue weighted by Gasteiger charge is -2.27. The molecule has 1 saturated heterocycles. The molecule has 0 aliphatic carbocycles. The Morgan fingerprint density at radius 2 is 1.68 bits per heavy atom. The summed E-state index contributed by atoms with van der Waals surface area (Å²) in [5.41, 5.74) is 2.88. The number of hydrogen-bond acceptors (Lipinski definition) is 6. The van der Waals surface area contributed by atoms with E-state index in [1.54, 1.807) is 0 Å². The molecule has 0 bridgehead atoms. The molecule has 6 heteroatoms. The van der Waals surface area contributed by atoms with E-state index in [-0.39, 0.29) is 0 Å². The topological polar surface area (TPSA) is 95.5 Å². The van der Waals surface area contributed by atoms with Crippen molar-refractivity contribution in [3.05, 3.63) is 47.5 Å². The van der Waals surface area contributed by atoms with Gasteiger partial charge in [0.05, 0.1) is 11.9 Å². The molecule has 0 radical (unpaired) electrons. The van der Waals surface area contributed by atoms with Crippen LogP contribution in [0.25, 0.3) is 0 Å². The molecule has 120 valence electrons. The first-order valence-electron chi connectivity index (χ1n) is 7.06. The number of rotatable bonds is 4. The van der Waals surface area contributed by atoms with Gasteiger partial charge in [0.15, 0.2) is 0 Å². The number of carbonyl (C=O) groups is 2. The Bertz CT molecular complexity index is 507. The largest absolute Gasteiger partial charge is 0.545 e. The molecule has 1 aliphatic rings. The minimum atomic E-state index is -1.55. The molecule has 1 N–H and O–H groups in total. The number of carboxylic acid groups (broad SMARTS) is 2. The third kappa shape index (κ3) is 7.56. The third-order valence-corrected chi connectivity index (χ3v) is 3.22. The number of nitrogens with zero attached hydrogens (tertiary/aromatic N) is 1. The smallest absolute Gasteiger partial charge is 0.0643 e. The third-order valence-electron chi connectivity index (χ3n) is 3.22. The average Bonchev–Trinajstić information content (AvgIpc) is 2.49. The summed E-state index contributed by atoms with van der Waals surface area (Å²) in [6.07, 6.45) is 0.769. The zero-order chi connectivity index (χ0) is 16.4. The second-order valence-corrected chi connectivity index (χ2v) is 4.92. The highest BCUT2D eigenvalue weighted by Crippen LogP contribution is 2.10. The molecule has 6 nitrogen and oxygen atoms in total. The van der Waals surface area contributed by atoms with E-state index < -0.39 is 11.9 Å². The standard InChI is InChI=1S/C12H18N2.C4H4O4/c1-11-4-2-3-5-12(11)10-14-8-6-13-7-9-14;5-3(6)1-2-4(7)8/h2-5,13H,6-10H2,1H3;1-2H,(H,5,6)(H,7,8)/p-2/b;2-1-. The summed E-state index contributed by atoms with van der Waals surface area (Å²) in [6.45, 7) is 7.91. The van der Waals surface area contributed by atoms with Gasteiger partial charge in [0, 0.05) is 32.7 Å². The van der Waals surface area contributed by atoms with Gasteiger partial charge in [0.25, 0.3) is 0 Å². The van der Waals surface area contributed by atoms with Gasteiger partial charge < -0.3 is 25.1 Å². The highest BCUT2D eigenvalue weighted by Gasteiger charge is 2.10. The number of nitrogens with one attached hydrogen (secondary N) is 1. The van der Waals surface area contributed by atoms with E-state index in [1.807, 2.05) is 0 Å². The Morgan fingerprint density at radius 1 is 1.14 bits per heavy atom. The van der Waals surface area contributed by atoms with Gasteiger partial charge in [0.2, 0.25) is 0 Å². The van der Waals surface area contributed by atoms with Crippen molar-refractivity contribution in [2.45, 2.75) is 13.5 Å². The van der Waals surface area contributed by atoms with Crippen molar-refractivity contribution in [2.24, 2.45) is 0 Å². The predicted molar refractivity (Wildman–Crippen MR) is 78.5 cm³/mol. The van der Waals surface area contributed by atoms with E-state index >= 15 is 0 Å². The zero-order valence-electron chi connectivity index (χ0n) is 12.6. The minimum Gasteiger partial charge on any atom is -0.545 e. The van der Waals surface area contributed by atoms with Gasteiger partial charge in [-0.05, 0) is 30.2 Å². The Morgan fingerprint density at radius 3 is 2.18 bits per heavy atom. The molecule has 0 unspecified atom stereocenters. The number of benzene rings is 1. The van der Waals surface area contributed by atoms with E-state index in [1.165, 1.54) is 24.2 Å². The maximum Gasteiger partial charge on any atom is 0.0643 e. The molecule has 1 aliphatic heterocycles. The zero-order valence-corrected chi connectivity index (χ0v) is 12.6. The number of aliphatic carboxylic acids is 2. The highest BCUT2D eigenvalue weighted by atomic mass is 16.4. The molecule has 0 atom stereocenters. The minimum absolute atomic E-state index is 0.384. The molecule has 0 aromatic heterocycles. The maximum atomic E-state index is 9.41. The first kappa shape index (κ1) is 17.9. The van der Waals surface area contributed by atoms with Crippen LogP contribution in [0.5, 0.6) is 0 Å². The first-order chi connectivity index (χ1) is 10.5. The van der Waals surface area contributed by atoms with Crippen LogP contribution in [0, 0.1) is 6.92 Å². The molecule has 22 heavy (non-hydrogen) atoms. The summed E-state index contributed by atoms with van der Waals surface area (Å²) in [6, 6.07) is 8.66. The Kier molecular flexibility index (Phi) is 7.88. The number of piperazine rings is 1. The van der Waals surface area contributed by atoms with Crippen LogP contribution in [0.3, 0.4) is 0 Å². The second kappa shape index (κ2) is 9.70. The average molecular weight is 304 g/mol. The van der Waals surface area contributed by atoms with E-state index in [0.29, 0.717) is 12.2 Å². The fraction of sp³-hybridized carbons (Fsp3) is 0.375. The SMILES string of the molecule is Cc1ccccc1CN1CCNCC1.O=C([O-])/C=C\C(=O)[O-]. The number of carbonyl (C=O) groups excluding carboxylic acids is 2. The van der Waals surface area contributed by atoms with Crippen LogP contribution in [-0.4, -0.2) is 43.0 Å². The quantitative estimate of drug-likeness (QED) is 0.676. The van der Waals surface area contributed by atoms with Crippen molar-refractivity contribution in [3.63, 3.8) is 0 Å². The Hall–Kier alpha value is -2.18. The van der Waals surface area contributed by atoms with Crippen LogP contribution in [-0.2, 0) is 16.1 Å². The maximum absolute atomic E-state index is 9.41. The molecular formula is C16H20N2O4-2. The molecule has 0 saturated carbocycles. The summed E-state index contributed by atoms with van der Waals surface area (Å²) in [5, 5.41) is 22.2. The monoisotopic (exact) mass is 304 g/mol. The van der Waals surface area contributed by atoms with E-state index in [9.17, 15) is 19.8 Å². The molecule has 0 amide bonds. The first-order valence-corrected chi connectivity index (χ1v) is 7.06. The molecular weight excluding hydrogens is 284 g/mol. The Balaban J connectivity index is 0.000000261. The van der Waals surface area contributed by atoms with Crippen molar-refractivity contribution in [1.29, 1.82) is 0 Å². The van der Waals surface area contributed by atoms with Crippen molar-refractivity contribution in [2.75, 3.05) is 26.2 Å². The van der Waals surface area contributed by atoms with Gasteiger partial charge in [-0.3, -0.25) is 4.90 Å². The number of aryl methyl sites for hydroxylation is 1. The number of hydrogen-bond donors (Lipinski definition) is 1. The predicted octanol–water partition coefficient (Wildman–Crippen LogP) is -1.56. The van der Waals surface area contributed by atoms with Crippen LogP contribution in [0.15, 0.2) is 36.4 Å². The van der Waals surface area contributed by atoms with Crippen LogP contribution < -0.4 is 15.5 Å². The summed E-state index contributed by atoms with van der Waals surface area (Å²) >= 11 is 0. The summed E-state index contributed by atoms with van der Waals surface area (Å²) in [7, 11) is 0. The van der Waals surface area contributed by atoms with Crippen LogP contribution in [0.4, 0.5) is 0 Å². The van der Waals surface area contributed by atoms with E-state index in [0.717, 1.165) is 19.6 Å². The summed E-state index contributed by atoms with van der Waals surface area (Å²) in [5.74, 6) is -3.09. The van der Waals surface area contributed by atoms with Gasteiger partial charge in [-0.2, -0.15) is 0 Å². The second-order valence-electron chi connectivity index (χ2n) is 4.92. The molecule has 2 rings (SSSR count). The van der Waals surface area contributed by atoms with Crippen LogP contribution >= 0.6 is 0 Å². The fourth-order valence-corrected chi connectivity index (χ4v) is 2.03. The van der Waals surface area contributed by atoms with Gasteiger partial charge in [0.1, 0.15) is 0 Å². The van der Waals surface area contributed by atoms with Gasteiger partial charge in [-0.1, -0.05) is 24.3 Å². The van der Waals surface area contributed by atoms with Crippen molar-refractivity contribution in [1.82, 2.24) is 10.2 Å². The van der Waals surface area contributed by atoms with Crippen LogP contribution in [0.2, 0.25) is 0 Å². The lowest BCUT2D eigenvalue weighted by Crippen LogP contribution is -2.42. The van der Waals surface area contributed by atoms with Crippen molar-refractivity contribution in [3.8, 4) is 0 Å². The molecule has 1 fully saturated rings. The van der Waals surface area contributed by atoms with Gasteiger partial charge in [-0.15, -0.1) is 0 Å². The van der Waals surface area contributed by atoms with Gasteiger partial charge in [-0.25, -0.2) is 0 Å². The fourth-order valence-electron chi connectivity index (χ4n) is 2.03. The van der Waals surface area contributed by atoms with Gasteiger partial charge >= 0.3 is 0 Å². The molecule has 0 spiro atoms. The van der Waals surface area contributed by atoms with E-state index in [2.05, 4.69) is 41.4 Å². The Labute approximate surface area is 130 Å². The van der Waals surface area contributed by atoms with Crippen molar-refractivity contribution >= 4 is 11.9 Å². The molecule has 1 aromatic carbocycles. The highest BCUT2D eigenvalue weighted by molar-refractivity contribution is 5.87. The normalized spacial score (nSPS) is 15.1. The van der Waals surface area contributed by atoms with E-state index in [4.69, 9.17) is 0 Å². The molecule has 1 heterocycles.